The van der Waals surface area contributed by atoms with Crippen LogP contribution in [0, 0.1) is 25.7 Å². The van der Waals surface area contributed by atoms with Gasteiger partial charge >= 0.3 is 11.7 Å². The number of H-pyrrole nitrogens is 1. The van der Waals surface area contributed by atoms with Gasteiger partial charge in [0.2, 0.25) is 0 Å². The summed E-state index contributed by atoms with van der Waals surface area (Å²) in [6, 6.07) is 3.39. The first kappa shape index (κ1) is 16.8. The zero-order valence-corrected chi connectivity index (χ0v) is 15.3. The van der Waals surface area contributed by atoms with Crippen molar-refractivity contribution >= 4 is 11.7 Å². The topological polar surface area (TPSA) is 95.9 Å². The van der Waals surface area contributed by atoms with Crippen molar-refractivity contribution in [2.45, 2.75) is 39.2 Å². The second kappa shape index (κ2) is 6.26. The van der Waals surface area contributed by atoms with Gasteiger partial charge in [0, 0.05) is 30.7 Å². The first-order valence-corrected chi connectivity index (χ1v) is 9.08. The normalized spacial score (nSPS) is 22.7. The summed E-state index contributed by atoms with van der Waals surface area (Å²) in [5.74, 6) is 1.62. The summed E-state index contributed by atoms with van der Waals surface area (Å²) in [6.07, 6.45) is 3.33. The highest BCUT2D eigenvalue weighted by atomic mass is 16.2. The van der Waals surface area contributed by atoms with Gasteiger partial charge in [0.25, 0.3) is 0 Å². The number of anilines is 1. The van der Waals surface area contributed by atoms with Crippen molar-refractivity contribution in [1.82, 2.24) is 24.6 Å². The molecule has 1 aliphatic carbocycles. The lowest BCUT2D eigenvalue weighted by molar-refractivity contribution is 0.191. The maximum absolute atomic E-state index is 13.0. The largest absolute Gasteiger partial charge is 0.343 e. The molecule has 2 unspecified atom stereocenters. The first-order valence-electron chi connectivity index (χ1n) is 9.08. The van der Waals surface area contributed by atoms with Crippen LogP contribution in [0.4, 0.5) is 10.5 Å². The van der Waals surface area contributed by atoms with Crippen molar-refractivity contribution in [2.75, 3.05) is 11.9 Å². The Morgan fingerprint density at radius 2 is 1.92 bits per heavy atom. The van der Waals surface area contributed by atoms with E-state index in [0.717, 1.165) is 23.5 Å². The molecule has 138 valence electrons. The third kappa shape index (κ3) is 3.00. The minimum absolute atomic E-state index is 0.154. The minimum Gasteiger partial charge on any atom is -0.314 e. The van der Waals surface area contributed by atoms with Gasteiger partial charge in [-0.15, -0.1) is 0 Å². The van der Waals surface area contributed by atoms with Crippen molar-refractivity contribution in [2.24, 2.45) is 18.9 Å². The number of nitrogens with one attached hydrogen (secondary N) is 2. The molecule has 8 heteroatoms. The van der Waals surface area contributed by atoms with Crippen LogP contribution in [-0.4, -0.2) is 37.2 Å². The second-order valence-electron chi connectivity index (χ2n) is 7.44. The summed E-state index contributed by atoms with van der Waals surface area (Å²) in [6.45, 7) is 4.48. The molecule has 1 aliphatic heterocycles. The Morgan fingerprint density at radius 1 is 1.23 bits per heavy atom. The average Bonchev–Trinajstić information content (AvgIpc) is 3.24. The number of hydrogen-bond donors (Lipinski definition) is 2. The van der Waals surface area contributed by atoms with Crippen molar-refractivity contribution in [3.63, 3.8) is 0 Å². The Morgan fingerprint density at radius 3 is 2.50 bits per heavy atom. The molecule has 2 aromatic heterocycles. The molecule has 26 heavy (non-hydrogen) atoms. The van der Waals surface area contributed by atoms with Crippen LogP contribution in [0.2, 0.25) is 0 Å². The number of rotatable bonds is 3. The summed E-state index contributed by atoms with van der Waals surface area (Å²) >= 11 is 0. The van der Waals surface area contributed by atoms with E-state index in [0.29, 0.717) is 24.2 Å². The number of aromatic amines is 1. The predicted octanol–water partition coefficient (Wildman–Crippen LogP) is 2.13. The molecule has 0 radical (unpaired) electrons. The van der Waals surface area contributed by atoms with E-state index in [2.05, 4.69) is 20.5 Å². The van der Waals surface area contributed by atoms with Gasteiger partial charge in [-0.05, 0) is 57.1 Å². The van der Waals surface area contributed by atoms with E-state index in [1.54, 1.807) is 7.05 Å². The van der Waals surface area contributed by atoms with E-state index in [1.807, 2.05) is 30.9 Å². The fraction of sp³-hybridized carbons (Fsp3) is 0.556. The summed E-state index contributed by atoms with van der Waals surface area (Å²) in [7, 11) is 1.70. The average molecular weight is 356 g/mol. The van der Waals surface area contributed by atoms with Gasteiger partial charge in [-0.1, -0.05) is 0 Å². The number of aryl methyl sites for hydroxylation is 2. The second-order valence-corrected chi connectivity index (χ2v) is 7.44. The van der Waals surface area contributed by atoms with Gasteiger partial charge in [0.1, 0.15) is 0 Å². The van der Waals surface area contributed by atoms with Gasteiger partial charge in [0.05, 0.1) is 6.04 Å². The first-order chi connectivity index (χ1) is 12.4. The Hall–Kier alpha value is -2.64. The molecule has 2 aromatic rings. The van der Waals surface area contributed by atoms with Gasteiger partial charge in [-0.25, -0.2) is 14.7 Å². The SMILES string of the molecule is Cc1cc(NC(=O)N2CCC(C3CC3)C2c2n[nH]c(=O)n2C)cc(C)n1. The lowest BCUT2D eigenvalue weighted by atomic mass is 9.94. The number of likely N-dealkylation sites (tertiary alicyclic amines) is 1. The molecule has 0 spiro atoms. The monoisotopic (exact) mass is 356 g/mol. The highest BCUT2D eigenvalue weighted by Gasteiger charge is 2.47. The molecule has 2 amide bonds. The summed E-state index contributed by atoms with van der Waals surface area (Å²) in [4.78, 5) is 31.0. The van der Waals surface area contributed by atoms with E-state index >= 15 is 0 Å². The van der Waals surface area contributed by atoms with Crippen molar-refractivity contribution in [1.29, 1.82) is 0 Å². The number of carbonyl (C=O) groups is 1. The third-order valence-corrected chi connectivity index (χ3v) is 5.44. The molecule has 2 N–H and O–H groups in total. The highest BCUT2D eigenvalue weighted by molar-refractivity contribution is 5.89. The molecule has 1 saturated heterocycles. The number of carbonyl (C=O) groups excluding carboxylic acids is 1. The molecule has 2 atom stereocenters. The Bertz CT molecular complexity index is 877. The van der Waals surface area contributed by atoms with Crippen LogP contribution in [0.25, 0.3) is 0 Å². The maximum atomic E-state index is 13.0. The van der Waals surface area contributed by atoms with Gasteiger partial charge < -0.3 is 10.2 Å². The number of urea groups is 1. The van der Waals surface area contributed by atoms with Crippen LogP contribution in [0.5, 0.6) is 0 Å². The number of amides is 2. The van der Waals surface area contributed by atoms with Gasteiger partial charge in [-0.2, -0.15) is 5.10 Å². The minimum atomic E-state index is -0.248. The van der Waals surface area contributed by atoms with Crippen LogP contribution < -0.4 is 11.0 Å². The predicted molar refractivity (Wildman–Crippen MR) is 96.8 cm³/mol. The lowest BCUT2D eigenvalue weighted by Crippen LogP contribution is -2.37. The molecule has 0 aromatic carbocycles. The molecular formula is C18H24N6O2. The van der Waals surface area contributed by atoms with E-state index in [1.165, 1.54) is 17.4 Å². The summed E-state index contributed by atoms with van der Waals surface area (Å²) in [5, 5.41) is 9.72. The fourth-order valence-electron chi connectivity index (χ4n) is 4.12. The van der Waals surface area contributed by atoms with Crippen LogP contribution >= 0.6 is 0 Å². The molecule has 1 saturated carbocycles. The van der Waals surface area contributed by atoms with E-state index in [9.17, 15) is 9.59 Å². The highest BCUT2D eigenvalue weighted by Crippen LogP contribution is 2.49. The van der Waals surface area contributed by atoms with Crippen LogP contribution in [0.3, 0.4) is 0 Å². The number of aromatic nitrogens is 4. The maximum Gasteiger partial charge on any atom is 0.343 e. The lowest BCUT2D eigenvalue weighted by Gasteiger charge is -2.27. The van der Waals surface area contributed by atoms with Gasteiger partial charge in [-0.3, -0.25) is 9.55 Å². The van der Waals surface area contributed by atoms with Crippen LogP contribution in [0.1, 0.15) is 42.5 Å². The van der Waals surface area contributed by atoms with Gasteiger partial charge in [0.15, 0.2) is 5.82 Å². The summed E-state index contributed by atoms with van der Waals surface area (Å²) in [5.41, 5.74) is 2.22. The molecule has 2 aliphatic rings. The molecular weight excluding hydrogens is 332 g/mol. The Kier molecular flexibility index (Phi) is 4.05. The molecule has 3 heterocycles. The van der Waals surface area contributed by atoms with Crippen molar-refractivity contribution in [3.8, 4) is 0 Å². The summed E-state index contributed by atoms with van der Waals surface area (Å²) < 4.78 is 1.52. The molecule has 8 nitrogen and oxygen atoms in total. The smallest absolute Gasteiger partial charge is 0.314 e. The van der Waals surface area contributed by atoms with Crippen molar-refractivity contribution < 1.29 is 4.79 Å². The third-order valence-electron chi connectivity index (χ3n) is 5.44. The number of pyridine rings is 1. The molecule has 2 fully saturated rings. The van der Waals surface area contributed by atoms with E-state index in [4.69, 9.17) is 0 Å². The standard InChI is InChI=1S/C18H24N6O2/c1-10-8-13(9-11(2)19-10)20-17(25)24-7-6-14(12-4-5-12)15(24)16-21-22-18(26)23(16)3/h8-9,12,14-15H,4-7H2,1-3H3,(H,22,26)(H,19,20,25). The molecule has 4 rings (SSSR count). The Labute approximate surface area is 151 Å². The van der Waals surface area contributed by atoms with Crippen LogP contribution in [0.15, 0.2) is 16.9 Å². The van der Waals surface area contributed by atoms with Crippen LogP contribution in [-0.2, 0) is 7.05 Å². The zero-order chi connectivity index (χ0) is 18.4. The van der Waals surface area contributed by atoms with E-state index < -0.39 is 0 Å². The van der Waals surface area contributed by atoms with Crippen molar-refractivity contribution in [3.05, 3.63) is 39.8 Å². The Balaban J connectivity index is 1.62. The molecule has 0 bridgehead atoms. The van der Waals surface area contributed by atoms with E-state index in [-0.39, 0.29) is 17.8 Å². The number of hydrogen-bond acceptors (Lipinski definition) is 4. The fourth-order valence-corrected chi connectivity index (χ4v) is 4.12. The zero-order valence-electron chi connectivity index (χ0n) is 15.3. The number of nitrogens with zero attached hydrogens (tertiary/aromatic N) is 4. The quantitative estimate of drug-likeness (QED) is 0.880.